The van der Waals surface area contributed by atoms with Crippen LogP contribution in [0.25, 0.3) is 16.1 Å². The van der Waals surface area contributed by atoms with E-state index in [4.69, 9.17) is 15.2 Å². The Morgan fingerprint density at radius 3 is 2.95 bits per heavy atom. The van der Waals surface area contributed by atoms with E-state index in [0.717, 1.165) is 27.6 Å². The summed E-state index contributed by atoms with van der Waals surface area (Å²) in [6.07, 6.45) is 1.78. The number of rotatable bonds is 1. The zero-order chi connectivity index (χ0) is 12.8. The molecule has 0 aliphatic carbocycles. The molecule has 0 radical (unpaired) electrons. The van der Waals surface area contributed by atoms with Gasteiger partial charge in [0.1, 0.15) is 18.0 Å². The Balaban J connectivity index is 1.90. The Bertz CT molecular complexity index is 762. The predicted molar refractivity (Wildman–Crippen MR) is 73.9 cm³/mol. The number of benzene rings is 1. The van der Waals surface area contributed by atoms with E-state index in [9.17, 15) is 0 Å². The summed E-state index contributed by atoms with van der Waals surface area (Å²) in [7, 11) is 0. The summed E-state index contributed by atoms with van der Waals surface area (Å²) in [5.74, 6) is 2.07. The molecule has 0 saturated carbocycles. The lowest BCUT2D eigenvalue weighted by molar-refractivity contribution is 0.171. The molecular formula is C13H11N3O2S. The number of fused-ring (bicyclic) bond motifs is 2. The summed E-state index contributed by atoms with van der Waals surface area (Å²) >= 11 is 1.62. The van der Waals surface area contributed by atoms with Crippen LogP contribution in [-0.4, -0.2) is 22.6 Å². The molecule has 1 aromatic carbocycles. The van der Waals surface area contributed by atoms with Crippen molar-refractivity contribution in [3.8, 4) is 22.8 Å². The highest BCUT2D eigenvalue weighted by molar-refractivity contribution is 7.16. The first-order valence-electron chi connectivity index (χ1n) is 5.93. The first-order chi connectivity index (χ1) is 9.33. The lowest BCUT2D eigenvalue weighted by Gasteiger charge is -2.18. The number of nitrogens with two attached hydrogens (primary N) is 1. The first-order valence-corrected chi connectivity index (χ1v) is 6.81. The highest BCUT2D eigenvalue weighted by Gasteiger charge is 2.15. The molecule has 4 rings (SSSR count). The molecule has 2 aromatic heterocycles. The first kappa shape index (κ1) is 10.7. The molecule has 3 heterocycles. The second-order valence-electron chi connectivity index (χ2n) is 4.27. The normalized spacial score (nSPS) is 13.9. The number of imidazole rings is 1. The smallest absolute Gasteiger partial charge is 0.206 e. The highest BCUT2D eigenvalue weighted by Crippen LogP contribution is 2.36. The average Bonchev–Trinajstić information content (AvgIpc) is 3.02. The van der Waals surface area contributed by atoms with Crippen molar-refractivity contribution in [1.82, 2.24) is 9.38 Å². The van der Waals surface area contributed by atoms with Crippen molar-refractivity contribution < 1.29 is 9.47 Å². The van der Waals surface area contributed by atoms with Crippen LogP contribution in [0.5, 0.6) is 11.5 Å². The molecular weight excluding hydrogens is 262 g/mol. The Kier molecular flexibility index (Phi) is 2.19. The van der Waals surface area contributed by atoms with Crippen molar-refractivity contribution in [1.29, 1.82) is 0 Å². The van der Waals surface area contributed by atoms with Gasteiger partial charge in [-0.3, -0.25) is 4.40 Å². The van der Waals surface area contributed by atoms with E-state index in [2.05, 4.69) is 10.4 Å². The van der Waals surface area contributed by atoms with Crippen LogP contribution in [0.3, 0.4) is 0 Å². The van der Waals surface area contributed by atoms with Crippen molar-refractivity contribution in [3.63, 3.8) is 0 Å². The minimum absolute atomic E-state index is 0.501. The molecule has 2 N–H and O–H groups in total. The topological polar surface area (TPSA) is 61.8 Å². The maximum atomic E-state index is 5.90. The van der Waals surface area contributed by atoms with Crippen LogP contribution >= 0.6 is 11.3 Å². The molecule has 1 aliphatic heterocycles. The molecule has 6 heteroatoms. The van der Waals surface area contributed by atoms with Crippen molar-refractivity contribution in [2.75, 3.05) is 18.9 Å². The minimum Gasteiger partial charge on any atom is -0.486 e. The Labute approximate surface area is 113 Å². The summed E-state index contributed by atoms with van der Waals surface area (Å²) in [5.41, 5.74) is 7.96. The van der Waals surface area contributed by atoms with Crippen LogP contribution in [0.4, 0.5) is 5.95 Å². The third-order valence-corrected chi connectivity index (χ3v) is 4.00. The van der Waals surface area contributed by atoms with Gasteiger partial charge in [-0.1, -0.05) is 0 Å². The summed E-state index contributed by atoms with van der Waals surface area (Å²) in [6.45, 7) is 1.19. The average molecular weight is 273 g/mol. The second kappa shape index (κ2) is 3.89. The summed E-state index contributed by atoms with van der Waals surface area (Å²) in [5, 5.41) is 2.07. The van der Waals surface area contributed by atoms with E-state index in [1.165, 1.54) is 0 Å². The Morgan fingerprint density at radius 2 is 2.05 bits per heavy atom. The van der Waals surface area contributed by atoms with E-state index >= 15 is 0 Å². The molecule has 5 nitrogen and oxygen atoms in total. The summed E-state index contributed by atoms with van der Waals surface area (Å²) < 4.78 is 13.1. The van der Waals surface area contributed by atoms with Gasteiger partial charge in [0.2, 0.25) is 5.95 Å². The van der Waals surface area contributed by atoms with Crippen molar-refractivity contribution >= 4 is 22.1 Å². The maximum absolute atomic E-state index is 5.90. The SMILES string of the molecule is Nc1ncc2scc(-c3ccc4c(c3)OCCO4)n12. The van der Waals surface area contributed by atoms with E-state index < -0.39 is 0 Å². The maximum Gasteiger partial charge on any atom is 0.206 e. The second-order valence-corrected chi connectivity index (χ2v) is 5.16. The van der Waals surface area contributed by atoms with E-state index in [-0.39, 0.29) is 0 Å². The van der Waals surface area contributed by atoms with Crippen molar-refractivity contribution in [3.05, 3.63) is 29.8 Å². The van der Waals surface area contributed by atoms with Crippen LogP contribution in [0.2, 0.25) is 0 Å². The number of aromatic nitrogens is 2. The van der Waals surface area contributed by atoms with Gasteiger partial charge < -0.3 is 15.2 Å². The Hall–Kier alpha value is -2.21. The standard InChI is InChI=1S/C13H11N3O2S/c14-13-15-6-12-16(13)9(7-19-12)8-1-2-10-11(5-8)18-4-3-17-10/h1-2,5-7H,3-4H2,(H2,14,15). The Morgan fingerprint density at radius 1 is 1.21 bits per heavy atom. The molecule has 1 aliphatic rings. The quantitative estimate of drug-likeness (QED) is 0.739. The fourth-order valence-corrected chi connectivity index (χ4v) is 3.13. The highest BCUT2D eigenvalue weighted by atomic mass is 32.1. The molecule has 0 atom stereocenters. The van der Waals surface area contributed by atoms with Gasteiger partial charge in [-0.15, -0.1) is 11.3 Å². The van der Waals surface area contributed by atoms with Crippen LogP contribution in [0.15, 0.2) is 29.8 Å². The molecule has 19 heavy (non-hydrogen) atoms. The molecule has 0 bridgehead atoms. The molecule has 0 saturated heterocycles. The number of thiazole rings is 1. The predicted octanol–water partition coefficient (Wildman–Crippen LogP) is 2.42. The zero-order valence-corrected chi connectivity index (χ0v) is 10.8. The van der Waals surface area contributed by atoms with Gasteiger partial charge in [0.25, 0.3) is 0 Å². The van der Waals surface area contributed by atoms with Crippen LogP contribution in [0, 0.1) is 0 Å². The lowest BCUT2D eigenvalue weighted by Crippen LogP contribution is -2.15. The third-order valence-electron chi connectivity index (χ3n) is 3.13. The van der Waals surface area contributed by atoms with Gasteiger partial charge in [-0.2, -0.15) is 0 Å². The van der Waals surface area contributed by atoms with Crippen LogP contribution in [0.1, 0.15) is 0 Å². The lowest BCUT2D eigenvalue weighted by atomic mass is 10.1. The number of hydrogen-bond acceptors (Lipinski definition) is 5. The largest absolute Gasteiger partial charge is 0.486 e. The molecule has 0 spiro atoms. The van der Waals surface area contributed by atoms with Gasteiger partial charge in [0, 0.05) is 10.9 Å². The number of nitrogen functional groups attached to an aromatic ring is 1. The van der Waals surface area contributed by atoms with E-state index in [0.29, 0.717) is 19.2 Å². The monoisotopic (exact) mass is 273 g/mol. The van der Waals surface area contributed by atoms with Gasteiger partial charge >= 0.3 is 0 Å². The van der Waals surface area contributed by atoms with Gasteiger partial charge in [0.15, 0.2) is 11.5 Å². The van der Waals surface area contributed by atoms with Crippen molar-refractivity contribution in [2.24, 2.45) is 0 Å². The van der Waals surface area contributed by atoms with Gasteiger partial charge in [-0.05, 0) is 18.2 Å². The van der Waals surface area contributed by atoms with Crippen molar-refractivity contribution in [2.45, 2.75) is 0 Å². The molecule has 0 fully saturated rings. The molecule has 3 aromatic rings. The summed E-state index contributed by atoms with van der Waals surface area (Å²) in [6, 6.07) is 5.92. The fraction of sp³-hybridized carbons (Fsp3) is 0.154. The number of hydrogen-bond donors (Lipinski definition) is 1. The van der Waals surface area contributed by atoms with E-state index in [1.54, 1.807) is 17.5 Å². The number of anilines is 1. The van der Waals surface area contributed by atoms with Gasteiger partial charge in [0.05, 0.1) is 11.9 Å². The van der Waals surface area contributed by atoms with Gasteiger partial charge in [-0.25, -0.2) is 4.98 Å². The molecule has 0 amide bonds. The van der Waals surface area contributed by atoms with Crippen LogP contribution in [-0.2, 0) is 0 Å². The molecule has 0 unspecified atom stereocenters. The summed E-state index contributed by atoms with van der Waals surface area (Å²) in [4.78, 5) is 5.15. The molecule has 96 valence electrons. The minimum atomic E-state index is 0.501. The third kappa shape index (κ3) is 1.57. The van der Waals surface area contributed by atoms with Crippen LogP contribution < -0.4 is 15.2 Å². The number of nitrogens with zero attached hydrogens (tertiary/aromatic N) is 2. The fourth-order valence-electron chi connectivity index (χ4n) is 2.24. The number of ether oxygens (including phenoxy) is 2. The van der Waals surface area contributed by atoms with E-state index in [1.807, 2.05) is 22.6 Å². The zero-order valence-electron chi connectivity index (χ0n) is 10.00.